The maximum Gasteiger partial charge on any atom is 0.236 e. The molecule has 25 heavy (non-hydrogen) atoms. The molecular weight excluding hydrogens is 376 g/mol. The third kappa shape index (κ3) is 5.59. The number of rotatable bonds is 7. The predicted octanol–water partition coefficient (Wildman–Crippen LogP) is 5.06. The van der Waals surface area contributed by atoms with Gasteiger partial charge in [0.05, 0.1) is 5.25 Å². The first kappa shape index (κ1) is 20.0. The molecule has 1 heterocycles. The number of thioether (sulfide) groups is 1. The number of hydrogen-bond donors (Lipinski definition) is 1. The lowest BCUT2D eigenvalue weighted by Crippen LogP contribution is -2.45. The molecule has 0 radical (unpaired) electrons. The second kappa shape index (κ2) is 8.87. The molecule has 2 rings (SSSR count). The van der Waals surface area contributed by atoms with Crippen LogP contribution in [0.15, 0.2) is 28.6 Å². The molecule has 136 valence electrons. The molecule has 0 aliphatic rings. The number of anilines is 2. The first-order chi connectivity index (χ1) is 11.8. The smallest absolute Gasteiger partial charge is 0.236 e. The van der Waals surface area contributed by atoms with E-state index in [2.05, 4.69) is 15.5 Å². The molecule has 0 saturated carbocycles. The molecule has 1 aromatic carbocycles. The van der Waals surface area contributed by atoms with Crippen molar-refractivity contribution in [2.75, 3.05) is 5.32 Å². The van der Waals surface area contributed by atoms with Crippen molar-refractivity contribution in [2.45, 2.75) is 56.3 Å². The third-order valence-corrected chi connectivity index (χ3v) is 5.72. The summed E-state index contributed by atoms with van der Waals surface area (Å²) in [5.74, 6) is 0.120. The lowest BCUT2D eigenvalue weighted by Gasteiger charge is -2.32. The summed E-state index contributed by atoms with van der Waals surface area (Å²) < 4.78 is 0.762. The molecule has 0 aliphatic carbocycles. The summed E-state index contributed by atoms with van der Waals surface area (Å²) in [5, 5.41) is 12.6. The number of nitrogens with zero attached hydrogens (tertiary/aromatic N) is 3. The van der Waals surface area contributed by atoms with Crippen molar-refractivity contribution in [1.82, 2.24) is 15.1 Å². The van der Waals surface area contributed by atoms with Crippen molar-refractivity contribution in [2.24, 2.45) is 0 Å². The van der Waals surface area contributed by atoms with E-state index in [0.29, 0.717) is 10.2 Å². The summed E-state index contributed by atoms with van der Waals surface area (Å²) >= 11 is 8.84. The van der Waals surface area contributed by atoms with Crippen LogP contribution in [0.4, 0.5) is 10.8 Å². The summed E-state index contributed by atoms with van der Waals surface area (Å²) in [6.07, 6.45) is 0. The Balaban J connectivity index is 2.01. The third-order valence-electron chi connectivity index (χ3n) is 3.47. The number of nitrogens with one attached hydrogen (secondary N) is 1. The number of benzene rings is 1. The number of halogens is 1. The van der Waals surface area contributed by atoms with Crippen LogP contribution in [0.3, 0.4) is 0 Å². The molecule has 1 amide bonds. The second-order valence-electron chi connectivity index (χ2n) is 6.20. The zero-order chi connectivity index (χ0) is 18.6. The van der Waals surface area contributed by atoms with E-state index in [1.165, 1.54) is 23.1 Å². The van der Waals surface area contributed by atoms with E-state index in [4.69, 9.17) is 11.6 Å². The minimum absolute atomic E-state index is 0.120. The maximum atomic E-state index is 12.7. The van der Waals surface area contributed by atoms with Gasteiger partial charge in [0.1, 0.15) is 0 Å². The average Bonchev–Trinajstić information content (AvgIpc) is 2.93. The van der Waals surface area contributed by atoms with Crippen molar-refractivity contribution in [1.29, 1.82) is 0 Å². The normalized spacial score (nSPS) is 12.5. The van der Waals surface area contributed by atoms with Crippen LogP contribution in [-0.4, -0.2) is 38.3 Å². The number of amides is 1. The fraction of sp³-hybridized carbons (Fsp3) is 0.471. The van der Waals surface area contributed by atoms with Crippen LogP contribution >= 0.6 is 34.7 Å². The van der Waals surface area contributed by atoms with E-state index in [1.807, 2.05) is 63.8 Å². The monoisotopic (exact) mass is 398 g/mol. The minimum Gasteiger partial charge on any atom is -0.337 e. The highest BCUT2D eigenvalue weighted by Gasteiger charge is 2.26. The van der Waals surface area contributed by atoms with Gasteiger partial charge in [0.15, 0.2) is 4.34 Å². The summed E-state index contributed by atoms with van der Waals surface area (Å²) in [4.78, 5) is 14.6. The van der Waals surface area contributed by atoms with Gasteiger partial charge in [-0.1, -0.05) is 40.8 Å². The maximum absolute atomic E-state index is 12.7. The highest BCUT2D eigenvalue weighted by atomic mass is 35.5. The summed E-state index contributed by atoms with van der Waals surface area (Å²) in [7, 11) is 0. The van der Waals surface area contributed by atoms with Gasteiger partial charge in [-0.05, 0) is 52.8 Å². The van der Waals surface area contributed by atoms with Gasteiger partial charge in [-0.3, -0.25) is 4.79 Å². The van der Waals surface area contributed by atoms with Crippen molar-refractivity contribution in [3.63, 3.8) is 0 Å². The highest BCUT2D eigenvalue weighted by Crippen LogP contribution is 2.32. The number of aromatic nitrogens is 2. The van der Waals surface area contributed by atoms with E-state index >= 15 is 0 Å². The van der Waals surface area contributed by atoms with Gasteiger partial charge in [-0.15, -0.1) is 10.2 Å². The van der Waals surface area contributed by atoms with E-state index in [9.17, 15) is 4.79 Å². The van der Waals surface area contributed by atoms with Gasteiger partial charge in [0.25, 0.3) is 0 Å². The Morgan fingerprint density at radius 3 is 2.48 bits per heavy atom. The molecule has 0 aliphatic heterocycles. The summed E-state index contributed by atoms with van der Waals surface area (Å²) in [6.45, 7) is 10.1. The lowest BCUT2D eigenvalue weighted by atomic mass is 10.2. The van der Waals surface area contributed by atoms with Crippen molar-refractivity contribution in [3.8, 4) is 0 Å². The van der Waals surface area contributed by atoms with Crippen LogP contribution in [0, 0.1) is 0 Å². The van der Waals surface area contributed by atoms with Gasteiger partial charge in [-0.25, -0.2) is 0 Å². The van der Waals surface area contributed by atoms with Crippen LogP contribution in [0.5, 0.6) is 0 Å². The van der Waals surface area contributed by atoms with Crippen LogP contribution in [0.25, 0.3) is 0 Å². The Hall–Kier alpha value is -1.31. The van der Waals surface area contributed by atoms with E-state index in [-0.39, 0.29) is 23.2 Å². The molecule has 0 bridgehead atoms. The van der Waals surface area contributed by atoms with Crippen molar-refractivity contribution in [3.05, 3.63) is 29.3 Å². The van der Waals surface area contributed by atoms with Gasteiger partial charge in [-0.2, -0.15) is 0 Å². The molecule has 1 atom stereocenters. The quantitative estimate of drug-likeness (QED) is 0.660. The first-order valence-corrected chi connectivity index (χ1v) is 10.2. The van der Waals surface area contributed by atoms with Crippen LogP contribution < -0.4 is 5.32 Å². The molecule has 1 N–H and O–H groups in total. The Morgan fingerprint density at radius 2 is 1.88 bits per heavy atom. The van der Waals surface area contributed by atoms with Gasteiger partial charge in [0, 0.05) is 22.8 Å². The van der Waals surface area contributed by atoms with Crippen molar-refractivity contribution >= 4 is 51.4 Å². The Kier molecular flexibility index (Phi) is 7.10. The molecule has 2 aromatic rings. The average molecular weight is 399 g/mol. The largest absolute Gasteiger partial charge is 0.337 e. The highest BCUT2D eigenvalue weighted by molar-refractivity contribution is 8.02. The second-order valence-corrected chi connectivity index (χ2v) is 9.20. The minimum atomic E-state index is -0.211. The zero-order valence-electron chi connectivity index (χ0n) is 15.0. The number of hydrogen-bond acceptors (Lipinski definition) is 6. The molecule has 5 nitrogen and oxygen atoms in total. The van der Waals surface area contributed by atoms with Crippen LogP contribution in [0.2, 0.25) is 5.02 Å². The van der Waals surface area contributed by atoms with Gasteiger partial charge in [0.2, 0.25) is 11.0 Å². The topological polar surface area (TPSA) is 58.1 Å². The lowest BCUT2D eigenvalue weighted by molar-refractivity contribution is -0.133. The predicted molar refractivity (Wildman–Crippen MR) is 107 cm³/mol. The summed E-state index contributed by atoms with van der Waals surface area (Å²) in [6, 6.07) is 7.76. The molecule has 0 unspecified atom stereocenters. The van der Waals surface area contributed by atoms with Crippen LogP contribution in [-0.2, 0) is 4.79 Å². The zero-order valence-corrected chi connectivity index (χ0v) is 17.4. The van der Waals surface area contributed by atoms with E-state index in [1.54, 1.807) is 0 Å². The molecule has 1 aromatic heterocycles. The van der Waals surface area contributed by atoms with Gasteiger partial charge >= 0.3 is 0 Å². The standard InChI is InChI=1S/C17H23ClN4OS2/c1-10(2)22(11(3)4)15(23)12(5)24-17-21-20-16(25-17)19-14-8-6-7-13(18)9-14/h6-12H,1-5H3,(H,19,20)/t12-/m1/s1. The van der Waals surface area contributed by atoms with E-state index in [0.717, 1.165) is 10.0 Å². The molecule has 8 heteroatoms. The number of carbonyl (C=O) groups is 1. The summed E-state index contributed by atoms with van der Waals surface area (Å²) in [5.41, 5.74) is 0.857. The van der Waals surface area contributed by atoms with Gasteiger partial charge < -0.3 is 10.2 Å². The molecule has 0 fully saturated rings. The first-order valence-electron chi connectivity index (χ1n) is 8.13. The molecule has 0 saturated heterocycles. The van der Waals surface area contributed by atoms with E-state index < -0.39 is 0 Å². The molecule has 0 spiro atoms. The molecular formula is C17H23ClN4OS2. The Bertz CT molecular complexity index is 712. The fourth-order valence-electron chi connectivity index (χ4n) is 2.51. The van der Waals surface area contributed by atoms with Crippen LogP contribution in [0.1, 0.15) is 34.6 Å². The number of carbonyl (C=O) groups excluding carboxylic acids is 1. The fourth-order valence-corrected chi connectivity index (χ4v) is 4.68. The SMILES string of the molecule is CC(C)N(C(=O)[C@@H](C)Sc1nnc(Nc2cccc(Cl)c2)s1)C(C)C. The Labute approximate surface area is 162 Å². The Morgan fingerprint density at radius 1 is 1.20 bits per heavy atom. The van der Waals surface area contributed by atoms with Crippen molar-refractivity contribution < 1.29 is 4.79 Å².